The fourth-order valence-electron chi connectivity index (χ4n) is 2.10. The lowest BCUT2D eigenvalue weighted by Crippen LogP contribution is -2.36. The largest absolute Gasteiger partial charge is 0.454 e. The van der Waals surface area contributed by atoms with Gasteiger partial charge < -0.3 is 10.0 Å². The molecule has 2 bridgehead atoms. The molecular weight excluding hydrogens is 114 g/mol. The molecule has 0 aromatic rings. The number of fused-ring (bicyclic) bond motifs is 2. The molecule has 2 nitrogen and oxygen atoms in total. The molecule has 1 heterocycles. The molecule has 2 heteroatoms. The Bertz CT molecular complexity index is 114. The van der Waals surface area contributed by atoms with Crippen molar-refractivity contribution < 1.29 is 5.11 Å². The highest BCUT2D eigenvalue weighted by Crippen LogP contribution is 2.36. The van der Waals surface area contributed by atoms with Crippen molar-refractivity contribution in [2.24, 2.45) is 5.92 Å². The number of likely N-dealkylation sites (tertiary alicyclic amines) is 1. The van der Waals surface area contributed by atoms with Crippen molar-refractivity contribution in [1.29, 1.82) is 0 Å². The van der Waals surface area contributed by atoms with Crippen molar-refractivity contribution in [1.82, 2.24) is 4.90 Å². The first-order chi connectivity index (χ1) is 4.27. The van der Waals surface area contributed by atoms with Crippen LogP contribution in [0, 0.1) is 13.0 Å². The van der Waals surface area contributed by atoms with E-state index in [1.807, 2.05) is 4.90 Å². The first-order valence-corrected chi connectivity index (χ1v) is 3.52. The second-order valence-corrected chi connectivity index (χ2v) is 3.24. The fraction of sp³-hybridized carbons (Fsp3) is 0.857. The summed E-state index contributed by atoms with van der Waals surface area (Å²) in [5.74, 6) is 0.738. The molecule has 0 aromatic heterocycles. The Hall–Kier alpha value is -0.0800. The van der Waals surface area contributed by atoms with Gasteiger partial charge in [-0.2, -0.15) is 0 Å². The lowest BCUT2D eigenvalue weighted by Gasteiger charge is -2.33. The summed E-state index contributed by atoms with van der Waals surface area (Å²) in [6, 6.07) is 0.384. The van der Waals surface area contributed by atoms with Gasteiger partial charge in [0.1, 0.15) is 0 Å². The maximum absolute atomic E-state index is 9.31. The summed E-state index contributed by atoms with van der Waals surface area (Å²) in [6.45, 7) is 1.10. The Kier molecular flexibility index (Phi) is 1.08. The molecule has 9 heavy (non-hydrogen) atoms. The number of hydrogen-bond donors (Lipinski definition) is 1. The SMILES string of the molecule is [CH2-]N1CC2CC1[C@@H](O)C2. The standard InChI is InChI=1S/C7H12NO/c1-8-4-5-2-6(8)7(9)3-5/h5-7,9H,1-4H2/q-1/t5?,6?,7-/m0/s1. The smallest absolute Gasteiger partial charge is 0.0674 e. The molecule has 1 aliphatic carbocycles. The number of aliphatic hydroxyl groups is 1. The average molecular weight is 126 g/mol. The zero-order valence-corrected chi connectivity index (χ0v) is 5.45. The van der Waals surface area contributed by atoms with Crippen molar-refractivity contribution in [2.45, 2.75) is 25.0 Å². The Morgan fingerprint density at radius 1 is 1.44 bits per heavy atom. The van der Waals surface area contributed by atoms with Crippen LogP contribution in [-0.4, -0.2) is 28.7 Å². The van der Waals surface area contributed by atoms with E-state index >= 15 is 0 Å². The van der Waals surface area contributed by atoms with E-state index < -0.39 is 0 Å². The highest BCUT2D eigenvalue weighted by Gasteiger charge is 2.39. The van der Waals surface area contributed by atoms with Crippen LogP contribution in [0.5, 0.6) is 0 Å². The molecule has 2 aliphatic rings. The Morgan fingerprint density at radius 3 is 2.56 bits per heavy atom. The van der Waals surface area contributed by atoms with Gasteiger partial charge in [-0.25, -0.2) is 0 Å². The van der Waals surface area contributed by atoms with Gasteiger partial charge in [-0.05, 0) is 25.3 Å². The molecule has 1 N–H and O–H groups in total. The van der Waals surface area contributed by atoms with Gasteiger partial charge >= 0.3 is 0 Å². The highest BCUT2D eigenvalue weighted by atomic mass is 16.3. The van der Waals surface area contributed by atoms with Crippen LogP contribution in [0.2, 0.25) is 0 Å². The molecule has 2 rings (SSSR count). The second kappa shape index (κ2) is 1.70. The first kappa shape index (κ1) is 5.69. The van der Waals surface area contributed by atoms with Crippen molar-refractivity contribution in [3.8, 4) is 0 Å². The zero-order valence-electron chi connectivity index (χ0n) is 5.45. The van der Waals surface area contributed by atoms with Gasteiger partial charge in [0.25, 0.3) is 0 Å². The summed E-state index contributed by atoms with van der Waals surface area (Å²) in [5.41, 5.74) is 0. The van der Waals surface area contributed by atoms with Gasteiger partial charge in [0, 0.05) is 6.04 Å². The van der Waals surface area contributed by atoms with Crippen LogP contribution >= 0.6 is 0 Å². The van der Waals surface area contributed by atoms with E-state index in [0.29, 0.717) is 6.04 Å². The molecule has 3 atom stereocenters. The number of nitrogens with zero attached hydrogens (tertiary/aromatic N) is 1. The van der Waals surface area contributed by atoms with E-state index in [2.05, 4.69) is 7.05 Å². The molecule has 1 aliphatic heterocycles. The first-order valence-electron chi connectivity index (χ1n) is 3.52. The van der Waals surface area contributed by atoms with E-state index in [1.54, 1.807) is 0 Å². The molecule has 2 unspecified atom stereocenters. The normalized spacial score (nSPS) is 50.7. The van der Waals surface area contributed by atoms with Gasteiger partial charge in [-0.15, -0.1) is 0 Å². The van der Waals surface area contributed by atoms with Crippen LogP contribution in [-0.2, 0) is 0 Å². The molecule has 1 saturated heterocycles. The average Bonchev–Trinajstić information content (AvgIpc) is 2.22. The van der Waals surface area contributed by atoms with Crippen LogP contribution in [0.3, 0.4) is 0 Å². The predicted octanol–water partition coefficient (Wildman–Crippen LogP) is 0.233. The lowest BCUT2D eigenvalue weighted by atomic mass is 10.1. The maximum atomic E-state index is 9.31. The van der Waals surface area contributed by atoms with Gasteiger partial charge in [-0.1, -0.05) is 0 Å². The molecule has 0 spiro atoms. The fourth-order valence-corrected chi connectivity index (χ4v) is 2.10. The third kappa shape index (κ3) is 0.700. The van der Waals surface area contributed by atoms with Crippen LogP contribution < -0.4 is 0 Å². The van der Waals surface area contributed by atoms with Crippen molar-refractivity contribution >= 4 is 0 Å². The zero-order chi connectivity index (χ0) is 6.43. The highest BCUT2D eigenvalue weighted by molar-refractivity contribution is 4.97. The van der Waals surface area contributed by atoms with E-state index in [0.717, 1.165) is 18.9 Å². The van der Waals surface area contributed by atoms with E-state index in [9.17, 15) is 5.11 Å². The summed E-state index contributed by atoms with van der Waals surface area (Å²) in [6.07, 6.45) is 2.10. The van der Waals surface area contributed by atoms with Crippen molar-refractivity contribution in [3.63, 3.8) is 0 Å². The van der Waals surface area contributed by atoms with E-state index in [1.165, 1.54) is 6.42 Å². The molecular formula is C7H12NO-. The predicted molar refractivity (Wildman–Crippen MR) is 34.6 cm³/mol. The number of rotatable bonds is 0. The molecule has 52 valence electrons. The van der Waals surface area contributed by atoms with Gasteiger partial charge in [-0.3, -0.25) is 7.05 Å². The maximum Gasteiger partial charge on any atom is 0.0674 e. The summed E-state index contributed by atoms with van der Waals surface area (Å²) < 4.78 is 0. The summed E-state index contributed by atoms with van der Waals surface area (Å²) in [5, 5.41) is 9.31. The molecule has 1 saturated carbocycles. The number of aliphatic hydroxyl groups excluding tert-OH is 1. The third-order valence-electron chi connectivity index (χ3n) is 2.56. The second-order valence-electron chi connectivity index (χ2n) is 3.24. The van der Waals surface area contributed by atoms with Crippen LogP contribution in [0.15, 0.2) is 0 Å². The third-order valence-corrected chi connectivity index (χ3v) is 2.56. The van der Waals surface area contributed by atoms with E-state index in [-0.39, 0.29) is 6.10 Å². The van der Waals surface area contributed by atoms with E-state index in [4.69, 9.17) is 0 Å². The molecule has 0 aromatic carbocycles. The Balaban J connectivity index is 2.13. The van der Waals surface area contributed by atoms with Crippen LogP contribution in [0.4, 0.5) is 0 Å². The molecule has 0 amide bonds. The van der Waals surface area contributed by atoms with Gasteiger partial charge in [0.05, 0.1) is 6.10 Å². The monoisotopic (exact) mass is 126 g/mol. The van der Waals surface area contributed by atoms with Crippen molar-refractivity contribution in [2.75, 3.05) is 6.54 Å². The minimum Gasteiger partial charge on any atom is -0.454 e. The minimum absolute atomic E-state index is 0.0822. The summed E-state index contributed by atoms with van der Waals surface area (Å²) in [7, 11) is 3.84. The lowest BCUT2D eigenvalue weighted by molar-refractivity contribution is 0.0801. The quantitative estimate of drug-likeness (QED) is 0.470. The molecule has 2 fully saturated rings. The minimum atomic E-state index is -0.0822. The number of piperidine rings is 1. The Labute approximate surface area is 55.5 Å². The van der Waals surface area contributed by atoms with Crippen LogP contribution in [0.25, 0.3) is 0 Å². The topological polar surface area (TPSA) is 23.5 Å². The number of hydrogen-bond acceptors (Lipinski definition) is 2. The molecule has 0 radical (unpaired) electrons. The summed E-state index contributed by atoms with van der Waals surface area (Å²) >= 11 is 0. The van der Waals surface area contributed by atoms with Gasteiger partial charge in [0.2, 0.25) is 0 Å². The van der Waals surface area contributed by atoms with Crippen molar-refractivity contribution in [3.05, 3.63) is 7.05 Å². The summed E-state index contributed by atoms with van der Waals surface area (Å²) in [4.78, 5) is 2.03. The Morgan fingerprint density at radius 2 is 2.22 bits per heavy atom. The van der Waals surface area contributed by atoms with Gasteiger partial charge in [0.15, 0.2) is 0 Å². The van der Waals surface area contributed by atoms with Crippen LogP contribution in [0.1, 0.15) is 12.8 Å².